The van der Waals surface area contributed by atoms with Gasteiger partial charge in [0.2, 0.25) is 0 Å². The first-order valence-corrected chi connectivity index (χ1v) is 9.88. The van der Waals surface area contributed by atoms with E-state index in [1.807, 2.05) is 0 Å². The first kappa shape index (κ1) is 20.2. The smallest absolute Gasteiger partial charge is 0.306 e. The van der Waals surface area contributed by atoms with Gasteiger partial charge < -0.3 is 21.3 Å². The summed E-state index contributed by atoms with van der Waals surface area (Å²) < 4.78 is 5.94. The fourth-order valence-electron chi connectivity index (χ4n) is 4.28. The molecule has 2 fully saturated rings. The number of aliphatic carboxylic acids is 1. The van der Waals surface area contributed by atoms with Gasteiger partial charge in [-0.2, -0.15) is 0 Å². The van der Waals surface area contributed by atoms with Crippen molar-refractivity contribution < 1.29 is 19.4 Å². The van der Waals surface area contributed by atoms with E-state index in [2.05, 4.69) is 0 Å². The maximum Gasteiger partial charge on any atom is 0.306 e. The Bertz CT molecular complexity index is 405. The zero-order valence-electron chi connectivity index (χ0n) is 15.2. The Hall–Kier alpha value is -1.14. The van der Waals surface area contributed by atoms with Gasteiger partial charge in [0, 0.05) is 24.9 Å². The van der Waals surface area contributed by atoms with Crippen LogP contribution in [-0.4, -0.2) is 35.2 Å². The maximum absolute atomic E-state index is 12.3. The second kappa shape index (κ2) is 10.1. The van der Waals surface area contributed by atoms with Crippen molar-refractivity contribution in [2.75, 3.05) is 0 Å². The van der Waals surface area contributed by atoms with Crippen molar-refractivity contribution in [3.05, 3.63) is 0 Å². The summed E-state index contributed by atoms with van der Waals surface area (Å²) in [5.41, 5.74) is 12.1. The van der Waals surface area contributed by atoms with Crippen molar-refractivity contribution in [3.8, 4) is 0 Å². The van der Waals surface area contributed by atoms with Crippen molar-refractivity contribution in [1.29, 1.82) is 0 Å². The number of carbonyl (C=O) groups excluding carboxylic acids is 1. The number of rotatable bonds is 8. The van der Waals surface area contributed by atoms with E-state index < -0.39 is 5.97 Å². The van der Waals surface area contributed by atoms with Crippen LogP contribution in [0.25, 0.3) is 0 Å². The monoisotopic (exact) mass is 354 g/mol. The van der Waals surface area contributed by atoms with Gasteiger partial charge in [-0.25, -0.2) is 0 Å². The highest BCUT2D eigenvalue weighted by atomic mass is 16.5. The van der Waals surface area contributed by atoms with Gasteiger partial charge in [-0.05, 0) is 76.0 Å². The van der Waals surface area contributed by atoms with Crippen LogP contribution < -0.4 is 11.5 Å². The molecular weight excluding hydrogens is 320 g/mol. The highest BCUT2D eigenvalue weighted by Gasteiger charge is 2.36. The molecular formula is C19H34N2O4. The lowest BCUT2D eigenvalue weighted by molar-refractivity contribution is -0.158. The summed E-state index contributed by atoms with van der Waals surface area (Å²) in [4.78, 5) is 22.8. The van der Waals surface area contributed by atoms with Crippen LogP contribution in [0.15, 0.2) is 0 Å². The van der Waals surface area contributed by atoms with Crippen LogP contribution in [0, 0.1) is 11.8 Å². The van der Waals surface area contributed by atoms with Crippen LogP contribution in [0.3, 0.4) is 0 Å². The molecule has 5 N–H and O–H groups in total. The Morgan fingerprint density at radius 1 is 0.840 bits per heavy atom. The van der Waals surface area contributed by atoms with Crippen LogP contribution in [0.1, 0.15) is 77.0 Å². The molecule has 0 spiro atoms. The fourth-order valence-corrected chi connectivity index (χ4v) is 4.28. The van der Waals surface area contributed by atoms with Crippen LogP contribution >= 0.6 is 0 Å². The van der Waals surface area contributed by atoms with E-state index in [1.54, 1.807) is 0 Å². The Labute approximate surface area is 150 Å². The summed E-state index contributed by atoms with van der Waals surface area (Å²) in [5.74, 6) is -0.187. The van der Waals surface area contributed by atoms with Crippen LogP contribution in [0.2, 0.25) is 0 Å². The van der Waals surface area contributed by atoms with Gasteiger partial charge in [-0.3, -0.25) is 9.59 Å². The standard InChI is InChI=1S/C19H34N2O4/c20-15-9-5-13(6-10-15)19(14-7-11-16(21)12-8-14)25-18(24)4-2-1-3-17(22)23/h13-16,19H,1-12,20-21H2,(H,22,23). The number of ether oxygens (including phenoxy) is 1. The summed E-state index contributed by atoms with van der Waals surface area (Å²) in [6.45, 7) is 0. The molecule has 0 aromatic heterocycles. The van der Waals surface area contributed by atoms with Crippen LogP contribution in [0.4, 0.5) is 0 Å². The molecule has 0 saturated heterocycles. The molecule has 2 aliphatic rings. The third-order valence-corrected chi connectivity index (χ3v) is 5.85. The minimum absolute atomic E-state index is 0.0213. The molecule has 0 aromatic rings. The molecule has 0 aliphatic heterocycles. The summed E-state index contributed by atoms with van der Waals surface area (Å²) in [6.07, 6.45) is 9.62. The molecule has 2 rings (SSSR count). The molecule has 144 valence electrons. The van der Waals surface area contributed by atoms with Crippen molar-refractivity contribution >= 4 is 11.9 Å². The van der Waals surface area contributed by atoms with E-state index in [1.165, 1.54) is 0 Å². The molecule has 0 heterocycles. The molecule has 6 heteroatoms. The van der Waals surface area contributed by atoms with Gasteiger partial charge in [0.05, 0.1) is 0 Å². The molecule has 0 unspecified atom stereocenters. The number of carboxylic acids is 1. The second-order valence-electron chi connectivity index (χ2n) is 7.91. The zero-order valence-corrected chi connectivity index (χ0v) is 15.2. The van der Waals surface area contributed by atoms with Crippen molar-refractivity contribution in [2.24, 2.45) is 23.3 Å². The lowest BCUT2D eigenvalue weighted by Gasteiger charge is -2.39. The summed E-state index contributed by atoms with van der Waals surface area (Å²) in [6, 6.07) is 0.562. The minimum Gasteiger partial charge on any atom is -0.481 e. The van der Waals surface area contributed by atoms with E-state index in [0.717, 1.165) is 51.4 Å². The number of hydrogen-bond donors (Lipinski definition) is 3. The number of esters is 1. The number of unbranched alkanes of at least 4 members (excludes halogenated alkanes) is 1. The molecule has 2 aliphatic carbocycles. The Balaban J connectivity index is 1.87. The summed E-state index contributed by atoms with van der Waals surface area (Å²) in [5, 5.41) is 8.67. The van der Waals surface area contributed by atoms with E-state index in [-0.39, 0.29) is 30.6 Å². The van der Waals surface area contributed by atoms with Gasteiger partial charge in [-0.15, -0.1) is 0 Å². The predicted octanol–water partition coefficient (Wildman–Crippen LogP) is 2.58. The minimum atomic E-state index is -0.816. The first-order valence-electron chi connectivity index (χ1n) is 9.88. The van der Waals surface area contributed by atoms with Crippen molar-refractivity contribution in [3.63, 3.8) is 0 Å². The average Bonchev–Trinajstić information content (AvgIpc) is 2.58. The Kier molecular flexibility index (Phi) is 8.16. The quantitative estimate of drug-likeness (QED) is 0.456. The molecule has 0 aromatic carbocycles. The highest BCUT2D eigenvalue weighted by Crippen LogP contribution is 2.37. The summed E-state index contributed by atoms with van der Waals surface area (Å²) >= 11 is 0. The molecule has 0 radical (unpaired) electrons. The van der Waals surface area contributed by atoms with Gasteiger partial charge >= 0.3 is 11.9 Å². The topological polar surface area (TPSA) is 116 Å². The maximum atomic E-state index is 12.3. The molecule has 0 atom stereocenters. The molecule has 0 bridgehead atoms. The van der Waals surface area contributed by atoms with Gasteiger partial charge in [0.15, 0.2) is 0 Å². The van der Waals surface area contributed by atoms with E-state index in [4.69, 9.17) is 21.3 Å². The average molecular weight is 354 g/mol. The number of hydrogen-bond acceptors (Lipinski definition) is 5. The van der Waals surface area contributed by atoms with Crippen molar-refractivity contribution in [1.82, 2.24) is 0 Å². The summed E-state index contributed by atoms with van der Waals surface area (Å²) in [7, 11) is 0. The number of carbonyl (C=O) groups is 2. The normalized spacial score (nSPS) is 31.3. The molecule has 6 nitrogen and oxygen atoms in total. The van der Waals surface area contributed by atoms with Crippen LogP contribution in [-0.2, 0) is 14.3 Å². The Morgan fingerprint density at radius 3 is 1.72 bits per heavy atom. The fraction of sp³-hybridized carbons (Fsp3) is 0.895. The lowest BCUT2D eigenvalue weighted by Crippen LogP contribution is -2.41. The molecule has 2 saturated carbocycles. The van der Waals surface area contributed by atoms with E-state index >= 15 is 0 Å². The molecule has 25 heavy (non-hydrogen) atoms. The van der Waals surface area contributed by atoms with Gasteiger partial charge in [0.25, 0.3) is 0 Å². The van der Waals surface area contributed by atoms with Crippen molar-refractivity contribution in [2.45, 2.75) is 95.2 Å². The SMILES string of the molecule is NC1CCC(C(OC(=O)CCCCC(=O)O)C2CCC(N)CC2)CC1. The largest absolute Gasteiger partial charge is 0.481 e. The van der Waals surface area contributed by atoms with E-state index in [0.29, 0.717) is 31.1 Å². The van der Waals surface area contributed by atoms with Crippen LogP contribution in [0.5, 0.6) is 0 Å². The Morgan fingerprint density at radius 2 is 1.28 bits per heavy atom. The lowest BCUT2D eigenvalue weighted by atomic mass is 9.73. The number of nitrogens with two attached hydrogens (primary N) is 2. The predicted molar refractivity (Wildman–Crippen MR) is 95.9 cm³/mol. The molecule has 0 amide bonds. The second-order valence-corrected chi connectivity index (χ2v) is 7.91. The third kappa shape index (κ3) is 6.94. The van der Waals surface area contributed by atoms with Gasteiger partial charge in [-0.1, -0.05) is 0 Å². The highest BCUT2D eigenvalue weighted by molar-refractivity contribution is 5.70. The third-order valence-electron chi connectivity index (χ3n) is 5.85. The number of carboxylic acid groups (broad SMARTS) is 1. The van der Waals surface area contributed by atoms with Gasteiger partial charge in [0.1, 0.15) is 6.10 Å². The first-order chi connectivity index (χ1) is 12.0. The zero-order chi connectivity index (χ0) is 18.2. The van der Waals surface area contributed by atoms with E-state index in [9.17, 15) is 9.59 Å².